The van der Waals surface area contributed by atoms with Gasteiger partial charge < -0.3 is 9.84 Å². The van der Waals surface area contributed by atoms with Crippen LogP contribution in [0.2, 0.25) is 0 Å². The van der Waals surface area contributed by atoms with E-state index in [4.69, 9.17) is 9.84 Å². The van der Waals surface area contributed by atoms with Gasteiger partial charge in [0.15, 0.2) is 0 Å². The normalized spacial score (nSPS) is 17.6. The van der Waals surface area contributed by atoms with E-state index in [1.807, 2.05) is 24.3 Å². The highest BCUT2D eigenvalue weighted by Gasteiger charge is 2.37. The summed E-state index contributed by atoms with van der Waals surface area (Å²) in [7, 11) is 1.64. The largest absolute Gasteiger partial charge is 0.497 e. The molecule has 4 heteroatoms. The minimum absolute atomic E-state index is 0.111. The van der Waals surface area contributed by atoms with Crippen molar-refractivity contribution in [3.63, 3.8) is 0 Å². The highest BCUT2D eigenvalue weighted by atomic mass is 32.2. The molecule has 1 aromatic carbocycles. The molecule has 0 atom stereocenters. The number of benzene rings is 1. The van der Waals surface area contributed by atoms with Gasteiger partial charge in [-0.2, -0.15) is 0 Å². The van der Waals surface area contributed by atoms with Crippen molar-refractivity contribution in [1.29, 1.82) is 0 Å². The van der Waals surface area contributed by atoms with Crippen LogP contribution in [0.15, 0.2) is 29.2 Å². The van der Waals surface area contributed by atoms with Gasteiger partial charge in [0.1, 0.15) is 5.75 Å². The molecule has 0 aliphatic heterocycles. The molecule has 18 heavy (non-hydrogen) atoms. The number of hydrogen-bond donors (Lipinski definition) is 1. The molecule has 0 amide bonds. The van der Waals surface area contributed by atoms with E-state index in [1.54, 1.807) is 18.9 Å². The van der Waals surface area contributed by atoms with Crippen molar-refractivity contribution >= 4 is 17.7 Å². The Kier molecular flexibility index (Phi) is 4.17. The van der Waals surface area contributed by atoms with Gasteiger partial charge in [-0.15, -0.1) is 11.8 Å². The van der Waals surface area contributed by atoms with Crippen molar-refractivity contribution in [3.8, 4) is 5.75 Å². The zero-order valence-corrected chi connectivity index (χ0v) is 11.3. The summed E-state index contributed by atoms with van der Waals surface area (Å²) < 4.78 is 5.01. The maximum absolute atomic E-state index is 11.0. The van der Waals surface area contributed by atoms with Crippen LogP contribution >= 0.6 is 11.8 Å². The Morgan fingerprint density at radius 2 is 1.94 bits per heavy atom. The molecular formula is C14H18O3S. The monoisotopic (exact) mass is 266 g/mol. The van der Waals surface area contributed by atoms with Crippen LogP contribution in [0.1, 0.15) is 32.1 Å². The van der Waals surface area contributed by atoms with Gasteiger partial charge in [-0.3, -0.25) is 4.79 Å². The van der Waals surface area contributed by atoms with Crippen molar-refractivity contribution in [1.82, 2.24) is 0 Å². The number of carboxylic acids is 1. The zero-order valence-electron chi connectivity index (χ0n) is 10.5. The molecule has 1 aliphatic carbocycles. The fourth-order valence-corrected chi connectivity index (χ4v) is 3.96. The smallest absolute Gasteiger partial charge is 0.304 e. The second-order valence-electron chi connectivity index (χ2n) is 4.74. The van der Waals surface area contributed by atoms with Crippen LogP contribution in [0.25, 0.3) is 0 Å². The summed E-state index contributed by atoms with van der Waals surface area (Å²) >= 11 is 1.71. The average Bonchev–Trinajstić information content (AvgIpc) is 2.77. The SMILES string of the molecule is COc1ccc(SC2(CC(=O)O)CCCC2)cc1. The van der Waals surface area contributed by atoms with Gasteiger partial charge in [0.2, 0.25) is 0 Å². The Labute approximate surface area is 112 Å². The van der Waals surface area contributed by atoms with Crippen LogP contribution in [0.4, 0.5) is 0 Å². The summed E-state index contributed by atoms with van der Waals surface area (Å²) in [6.07, 6.45) is 4.52. The molecule has 0 saturated heterocycles. The van der Waals surface area contributed by atoms with Crippen molar-refractivity contribution < 1.29 is 14.6 Å². The van der Waals surface area contributed by atoms with Crippen LogP contribution in [0, 0.1) is 0 Å². The molecule has 0 unspecified atom stereocenters. The summed E-state index contributed by atoms with van der Waals surface area (Å²) in [6, 6.07) is 7.86. The molecule has 2 rings (SSSR count). The molecular weight excluding hydrogens is 248 g/mol. The first-order valence-electron chi connectivity index (χ1n) is 6.18. The maximum Gasteiger partial charge on any atom is 0.304 e. The summed E-state index contributed by atoms with van der Waals surface area (Å²) in [6.45, 7) is 0. The van der Waals surface area contributed by atoms with Crippen LogP contribution < -0.4 is 4.74 Å². The standard InChI is InChI=1S/C14H18O3S/c1-17-11-4-6-12(7-5-11)18-14(10-13(15)16)8-2-3-9-14/h4-7H,2-3,8-10H2,1H3,(H,15,16). The van der Waals surface area contributed by atoms with Crippen LogP contribution in [0.3, 0.4) is 0 Å². The molecule has 1 aromatic rings. The molecule has 1 N–H and O–H groups in total. The third-order valence-electron chi connectivity index (χ3n) is 3.38. The minimum atomic E-state index is -0.696. The van der Waals surface area contributed by atoms with E-state index in [9.17, 15) is 4.79 Å². The van der Waals surface area contributed by atoms with Crippen LogP contribution in [-0.2, 0) is 4.79 Å². The van der Waals surface area contributed by atoms with Crippen molar-refractivity contribution in [2.45, 2.75) is 41.7 Å². The van der Waals surface area contributed by atoms with Crippen LogP contribution in [0.5, 0.6) is 5.75 Å². The molecule has 3 nitrogen and oxygen atoms in total. The topological polar surface area (TPSA) is 46.5 Å². The molecule has 98 valence electrons. The second-order valence-corrected chi connectivity index (χ2v) is 6.28. The number of hydrogen-bond acceptors (Lipinski definition) is 3. The van der Waals surface area contributed by atoms with E-state index in [0.29, 0.717) is 0 Å². The van der Waals surface area contributed by atoms with Gasteiger partial charge in [-0.25, -0.2) is 0 Å². The number of carbonyl (C=O) groups is 1. The van der Waals surface area contributed by atoms with Crippen molar-refractivity contribution in [2.24, 2.45) is 0 Å². The number of ether oxygens (including phenoxy) is 1. The predicted molar refractivity (Wildman–Crippen MR) is 72.3 cm³/mol. The molecule has 0 radical (unpaired) electrons. The molecule has 0 heterocycles. The molecule has 0 spiro atoms. The Bertz CT molecular complexity index is 408. The minimum Gasteiger partial charge on any atom is -0.497 e. The third kappa shape index (κ3) is 3.19. The molecule has 0 bridgehead atoms. The van der Waals surface area contributed by atoms with E-state index in [2.05, 4.69) is 0 Å². The van der Waals surface area contributed by atoms with E-state index < -0.39 is 5.97 Å². The number of thioether (sulfide) groups is 1. The summed E-state index contributed by atoms with van der Waals surface area (Å²) in [4.78, 5) is 12.1. The third-order valence-corrected chi connectivity index (χ3v) is 4.88. The summed E-state index contributed by atoms with van der Waals surface area (Å²) in [5, 5.41) is 9.07. The van der Waals surface area contributed by atoms with Gasteiger partial charge in [-0.1, -0.05) is 12.8 Å². The van der Waals surface area contributed by atoms with Crippen molar-refractivity contribution in [2.75, 3.05) is 7.11 Å². The Balaban J connectivity index is 2.10. The average molecular weight is 266 g/mol. The van der Waals surface area contributed by atoms with E-state index in [0.717, 1.165) is 36.3 Å². The van der Waals surface area contributed by atoms with Gasteiger partial charge in [0.05, 0.1) is 13.5 Å². The van der Waals surface area contributed by atoms with E-state index in [1.165, 1.54) is 0 Å². The highest BCUT2D eigenvalue weighted by molar-refractivity contribution is 8.00. The molecule has 1 saturated carbocycles. The van der Waals surface area contributed by atoms with Gasteiger partial charge in [0, 0.05) is 9.64 Å². The second kappa shape index (κ2) is 5.65. The Morgan fingerprint density at radius 3 is 2.44 bits per heavy atom. The Hall–Kier alpha value is -1.16. The van der Waals surface area contributed by atoms with Gasteiger partial charge in [0.25, 0.3) is 0 Å². The van der Waals surface area contributed by atoms with Crippen LogP contribution in [-0.4, -0.2) is 22.9 Å². The lowest BCUT2D eigenvalue weighted by Gasteiger charge is -2.26. The summed E-state index contributed by atoms with van der Waals surface area (Å²) in [5.41, 5.74) is 0. The lowest BCUT2D eigenvalue weighted by Crippen LogP contribution is -2.24. The van der Waals surface area contributed by atoms with Crippen molar-refractivity contribution in [3.05, 3.63) is 24.3 Å². The summed E-state index contributed by atoms with van der Waals surface area (Å²) in [5.74, 6) is 0.135. The zero-order chi connectivity index (χ0) is 13.0. The molecule has 1 aliphatic rings. The first kappa shape index (κ1) is 13.3. The lowest BCUT2D eigenvalue weighted by molar-refractivity contribution is -0.137. The molecule has 0 aromatic heterocycles. The fraction of sp³-hybridized carbons (Fsp3) is 0.500. The predicted octanol–water partition coefficient (Wildman–Crippen LogP) is 3.57. The number of aliphatic carboxylic acids is 1. The highest BCUT2D eigenvalue weighted by Crippen LogP contribution is 2.47. The van der Waals surface area contributed by atoms with Gasteiger partial charge >= 0.3 is 5.97 Å². The lowest BCUT2D eigenvalue weighted by atomic mass is 10.0. The maximum atomic E-state index is 11.0. The van der Waals surface area contributed by atoms with E-state index >= 15 is 0 Å². The van der Waals surface area contributed by atoms with E-state index in [-0.39, 0.29) is 11.2 Å². The number of methoxy groups -OCH3 is 1. The first-order chi connectivity index (χ1) is 8.63. The van der Waals surface area contributed by atoms with Gasteiger partial charge in [-0.05, 0) is 37.1 Å². The fourth-order valence-electron chi connectivity index (χ4n) is 2.50. The molecule has 1 fully saturated rings. The number of carboxylic acid groups (broad SMARTS) is 1. The quantitative estimate of drug-likeness (QED) is 0.885. The Morgan fingerprint density at radius 1 is 1.33 bits per heavy atom. The number of rotatable bonds is 5. The first-order valence-corrected chi connectivity index (χ1v) is 7.00.